The molecule has 0 aliphatic heterocycles. The molecule has 32 heavy (non-hydrogen) atoms. The molecule has 0 saturated carbocycles. The second kappa shape index (κ2) is 12.9. The van der Waals surface area contributed by atoms with Crippen LogP contribution in [0.3, 0.4) is 0 Å². The van der Waals surface area contributed by atoms with E-state index in [1.807, 2.05) is 0 Å². The van der Waals surface area contributed by atoms with Gasteiger partial charge in [-0.15, -0.1) is 0 Å². The predicted octanol–water partition coefficient (Wildman–Crippen LogP) is 1.60. The average molecular weight is 450 g/mol. The SMILES string of the molecule is CC(=O)OCC(OC(C)=O)C(OC(C)=O)C(C=C(Cc1ccccc1)C(=O)O)OC(C)=O. The molecular formula is C22H26O10. The van der Waals surface area contributed by atoms with Crippen LogP contribution < -0.4 is 0 Å². The number of aliphatic carboxylic acids is 1. The highest BCUT2D eigenvalue weighted by Crippen LogP contribution is 2.19. The van der Waals surface area contributed by atoms with Crippen LogP contribution in [0.1, 0.15) is 33.3 Å². The molecule has 0 aliphatic rings. The van der Waals surface area contributed by atoms with Crippen molar-refractivity contribution in [2.45, 2.75) is 52.4 Å². The lowest BCUT2D eigenvalue weighted by molar-refractivity contribution is -0.185. The lowest BCUT2D eigenvalue weighted by Crippen LogP contribution is -2.47. The second-order valence-corrected chi connectivity index (χ2v) is 6.76. The maximum Gasteiger partial charge on any atom is 0.331 e. The van der Waals surface area contributed by atoms with Gasteiger partial charge in [-0.05, 0) is 11.6 Å². The van der Waals surface area contributed by atoms with E-state index in [9.17, 15) is 29.1 Å². The Morgan fingerprint density at radius 1 is 0.844 bits per heavy atom. The Morgan fingerprint density at radius 3 is 1.88 bits per heavy atom. The summed E-state index contributed by atoms with van der Waals surface area (Å²) < 4.78 is 20.4. The number of carbonyl (C=O) groups is 5. The van der Waals surface area contributed by atoms with Crippen molar-refractivity contribution in [3.8, 4) is 0 Å². The molecule has 0 amide bonds. The molecule has 3 atom stereocenters. The van der Waals surface area contributed by atoms with Gasteiger partial charge in [0.05, 0.1) is 0 Å². The fourth-order valence-electron chi connectivity index (χ4n) is 2.76. The minimum atomic E-state index is -1.48. The molecular weight excluding hydrogens is 424 g/mol. The van der Waals surface area contributed by atoms with Gasteiger partial charge in [0.1, 0.15) is 6.61 Å². The normalized spacial score (nSPS) is 13.8. The van der Waals surface area contributed by atoms with Gasteiger partial charge in [-0.2, -0.15) is 0 Å². The van der Waals surface area contributed by atoms with E-state index in [0.29, 0.717) is 5.56 Å². The van der Waals surface area contributed by atoms with Gasteiger partial charge in [0.25, 0.3) is 0 Å². The molecule has 0 aliphatic carbocycles. The van der Waals surface area contributed by atoms with Crippen LogP contribution in [-0.2, 0) is 49.3 Å². The number of rotatable bonds is 11. The molecule has 0 saturated heterocycles. The average Bonchev–Trinajstić information content (AvgIpc) is 2.68. The number of hydrogen-bond donors (Lipinski definition) is 1. The smallest absolute Gasteiger partial charge is 0.331 e. The maximum absolute atomic E-state index is 11.9. The Hall–Kier alpha value is -3.69. The molecule has 0 spiro atoms. The largest absolute Gasteiger partial charge is 0.478 e. The molecule has 0 fully saturated rings. The lowest BCUT2D eigenvalue weighted by Gasteiger charge is -2.30. The molecule has 0 aromatic heterocycles. The summed E-state index contributed by atoms with van der Waals surface area (Å²) in [6.07, 6.45) is -3.22. The zero-order valence-electron chi connectivity index (χ0n) is 18.2. The van der Waals surface area contributed by atoms with Crippen LogP contribution in [-0.4, -0.2) is 59.9 Å². The zero-order chi connectivity index (χ0) is 24.3. The van der Waals surface area contributed by atoms with Gasteiger partial charge in [0.2, 0.25) is 0 Å². The van der Waals surface area contributed by atoms with Crippen LogP contribution in [0, 0.1) is 0 Å². The van der Waals surface area contributed by atoms with E-state index < -0.39 is 54.8 Å². The summed E-state index contributed by atoms with van der Waals surface area (Å²) in [6.45, 7) is 3.84. The Bertz CT molecular complexity index is 859. The monoisotopic (exact) mass is 450 g/mol. The summed E-state index contributed by atoms with van der Waals surface area (Å²) in [7, 11) is 0. The first kappa shape index (κ1) is 26.3. The molecule has 3 unspecified atom stereocenters. The molecule has 1 aromatic rings. The first-order valence-corrected chi connectivity index (χ1v) is 9.62. The zero-order valence-corrected chi connectivity index (χ0v) is 18.2. The Labute approximate surface area is 185 Å². The highest BCUT2D eigenvalue weighted by molar-refractivity contribution is 5.87. The molecule has 0 bridgehead atoms. The highest BCUT2D eigenvalue weighted by atomic mass is 16.6. The van der Waals surface area contributed by atoms with Crippen LogP contribution in [0.2, 0.25) is 0 Å². The Balaban J connectivity index is 3.44. The number of carboxylic acid groups (broad SMARTS) is 1. The van der Waals surface area contributed by atoms with E-state index in [1.54, 1.807) is 30.3 Å². The maximum atomic E-state index is 11.9. The lowest BCUT2D eigenvalue weighted by atomic mass is 10.00. The summed E-state index contributed by atoms with van der Waals surface area (Å²) in [6, 6.07) is 8.66. The van der Waals surface area contributed by atoms with Crippen molar-refractivity contribution in [1.82, 2.24) is 0 Å². The van der Waals surface area contributed by atoms with Crippen molar-refractivity contribution in [3.63, 3.8) is 0 Å². The first-order valence-electron chi connectivity index (χ1n) is 9.62. The molecule has 10 nitrogen and oxygen atoms in total. The van der Waals surface area contributed by atoms with Gasteiger partial charge in [-0.25, -0.2) is 4.79 Å². The quantitative estimate of drug-likeness (QED) is 0.300. The van der Waals surface area contributed by atoms with Crippen LogP contribution in [0.5, 0.6) is 0 Å². The minimum Gasteiger partial charge on any atom is -0.478 e. The van der Waals surface area contributed by atoms with Crippen molar-refractivity contribution < 1.29 is 48.0 Å². The standard InChI is InChI=1S/C22H26O10/c1-13(23)29-12-20(31-15(3)25)21(32-16(4)26)19(30-14(2)24)11-18(22(27)28)10-17-8-6-5-7-9-17/h5-9,11,19-21H,10,12H2,1-4H3,(H,27,28). The number of esters is 4. The molecule has 0 heterocycles. The van der Waals surface area contributed by atoms with Gasteiger partial charge >= 0.3 is 29.8 Å². The minimum absolute atomic E-state index is 0.0249. The molecule has 1 aromatic carbocycles. The van der Waals surface area contributed by atoms with Gasteiger partial charge in [0, 0.05) is 39.7 Å². The molecule has 1 N–H and O–H groups in total. The Kier molecular flexibility index (Phi) is 10.6. The third-order valence-electron chi connectivity index (χ3n) is 3.94. The number of ether oxygens (including phenoxy) is 4. The third-order valence-corrected chi connectivity index (χ3v) is 3.94. The van der Waals surface area contributed by atoms with Crippen LogP contribution in [0.25, 0.3) is 0 Å². The van der Waals surface area contributed by atoms with E-state index in [1.165, 1.54) is 0 Å². The summed E-state index contributed by atoms with van der Waals surface area (Å²) in [5.74, 6) is -4.40. The molecule has 1 rings (SSSR count). The summed E-state index contributed by atoms with van der Waals surface area (Å²) in [5.41, 5.74) is 0.511. The fraction of sp³-hybridized carbons (Fsp3) is 0.409. The topological polar surface area (TPSA) is 142 Å². The molecule has 10 heteroatoms. The van der Waals surface area contributed by atoms with Gasteiger partial charge in [-0.3, -0.25) is 19.2 Å². The second-order valence-electron chi connectivity index (χ2n) is 6.76. The van der Waals surface area contributed by atoms with Crippen LogP contribution in [0.4, 0.5) is 0 Å². The number of hydrogen-bond acceptors (Lipinski definition) is 9. The van der Waals surface area contributed by atoms with Crippen molar-refractivity contribution in [1.29, 1.82) is 0 Å². The van der Waals surface area contributed by atoms with E-state index in [0.717, 1.165) is 33.8 Å². The summed E-state index contributed by atoms with van der Waals surface area (Å²) in [5, 5.41) is 9.67. The van der Waals surface area contributed by atoms with E-state index >= 15 is 0 Å². The number of carbonyl (C=O) groups excluding carboxylic acids is 4. The summed E-state index contributed by atoms with van der Waals surface area (Å²) in [4.78, 5) is 58.2. The van der Waals surface area contributed by atoms with Crippen molar-refractivity contribution in [3.05, 3.63) is 47.5 Å². The third kappa shape index (κ3) is 9.88. The van der Waals surface area contributed by atoms with E-state index in [2.05, 4.69) is 0 Å². The van der Waals surface area contributed by atoms with E-state index in [-0.39, 0.29) is 12.0 Å². The first-order chi connectivity index (χ1) is 15.0. The Morgan fingerprint density at radius 2 is 1.41 bits per heavy atom. The summed E-state index contributed by atoms with van der Waals surface area (Å²) >= 11 is 0. The van der Waals surface area contributed by atoms with Gasteiger partial charge < -0.3 is 24.1 Å². The fourth-order valence-corrected chi connectivity index (χ4v) is 2.76. The van der Waals surface area contributed by atoms with Crippen LogP contribution in [0.15, 0.2) is 42.0 Å². The highest BCUT2D eigenvalue weighted by Gasteiger charge is 2.37. The predicted molar refractivity (Wildman–Crippen MR) is 109 cm³/mol. The van der Waals surface area contributed by atoms with Gasteiger partial charge in [0.15, 0.2) is 18.3 Å². The van der Waals surface area contributed by atoms with Crippen LogP contribution >= 0.6 is 0 Å². The molecule has 174 valence electrons. The molecule has 0 radical (unpaired) electrons. The number of carboxylic acids is 1. The van der Waals surface area contributed by atoms with Crippen molar-refractivity contribution in [2.75, 3.05) is 6.61 Å². The van der Waals surface area contributed by atoms with E-state index in [4.69, 9.17) is 18.9 Å². The van der Waals surface area contributed by atoms with Gasteiger partial charge in [-0.1, -0.05) is 30.3 Å². The van der Waals surface area contributed by atoms with Crippen molar-refractivity contribution >= 4 is 29.8 Å². The number of benzene rings is 1. The van der Waals surface area contributed by atoms with Crippen molar-refractivity contribution in [2.24, 2.45) is 0 Å².